The summed E-state index contributed by atoms with van der Waals surface area (Å²) in [4.78, 5) is 14.3. The number of hydrogen-bond donors (Lipinski definition) is 3. The van der Waals surface area contributed by atoms with Gasteiger partial charge in [-0.1, -0.05) is 18.7 Å². The van der Waals surface area contributed by atoms with E-state index in [1.807, 2.05) is 48.4 Å². The summed E-state index contributed by atoms with van der Waals surface area (Å²) in [6.07, 6.45) is 2.76. The van der Waals surface area contributed by atoms with Gasteiger partial charge in [-0.3, -0.25) is 4.79 Å². The SMILES string of the molecule is C=C([C@H](O)[C@@H](O)C(=O)N[C@H](C)c1ccc(-n2cccn2)cc1)N1CCCC1. The van der Waals surface area contributed by atoms with Gasteiger partial charge in [0.05, 0.1) is 11.7 Å². The Balaban J connectivity index is 1.58. The Morgan fingerprint density at radius 1 is 1.19 bits per heavy atom. The summed E-state index contributed by atoms with van der Waals surface area (Å²) >= 11 is 0. The molecule has 1 saturated heterocycles. The predicted molar refractivity (Wildman–Crippen MR) is 102 cm³/mol. The fourth-order valence-electron chi connectivity index (χ4n) is 3.24. The average molecular weight is 370 g/mol. The van der Waals surface area contributed by atoms with Crippen LogP contribution in [0.15, 0.2) is 55.0 Å². The number of aliphatic hydroxyl groups is 2. The van der Waals surface area contributed by atoms with E-state index in [-0.39, 0.29) is 6.04 Å². The fraction of sp³-hybridized carbons (Fsp3) is 0.400. The lowest BCUT2D eigenvalue weighted by Crippen LogP contribution is -2.46. The molecule has 144 valence electrons. The van der Waals surface area contributed by atoms with Gasteiger partial charge in [-0.05, 0) is 43.5 Å². The van der Waals surface area contributed by atoms with Gasteiger partial charge in [0.25, 0.3) is 5.91 Å². The van der Waals surface area contributed by atoms with E-state index in [1.165, 1.54) is 0 Å². The summed E-state index contributed by atoms with van der Waals surface area (Å²) in [5.41, 5.74) is 2.20. The van der Waals surface area contributed by atoms with Gasteiger partial charge in [-0.2, -0.15) is 5.10 Å². The third kappa shape index (κ3) is 4.37. The van der Waals surface area contributed by atoms with Crippen LogP contribution in [0.5, 0.6) is 0 Å². The number of likely N-dealkylation sites (tertiary alicyclic amines) is 1. The van der Waals surface area contributed by atoms with Gasteiger partial charge < -0.3 is 20.4 Å². The molecule has 1 fully saturated rings. The summed E-state index contributed by atoms with van der Waals surface area (Å²) in [6.45, 7) is 7.26. The van der Waals surface area contributed by atoms with Crippen molar-refractivity contribution < 1.29 is 15.0 Å². The third-order valence-electron chi connectivity index (χ3n) is 4.94. The van der Waals surface area contributed by atoms with Gasteiger partial charge in [0, 0.05) is 31.2 Å². The molecule has 1 aliphatic rings. The second kappa shape index (κ2) is 8.37. The Morgan fingerprint density at radius 2 is 1.85 bits per heavy atom. The minimum atomic E-state index is -1.55. The van der Waals surface area contributed by atoms with Crippen LogP contribution in [0.1, 0.15) is 31.4 Å². The zero-order valence-corrected chi connectivity index (χ0v) is 15.5. The number of aliphatic hydroxyl groups excluding tert-OH is 2. The normalized spacial score (nSPS) is 17.4. The van der Waals surface area contributed by atoms with E-state index in [9.17, 15) is 15.0 Å². The summed E-state index contributed by atoms with van der Waals surface area (Å²) in [5.74, 6) is -0.619. The first-order valence-electron chi connectivity index (χ1n) is 9.17. The van der Waals surface area contributed by atoms with Crippen molar-refractivity contribution >= 4 is 5.91 Å². The quantitative estimate of drug-likeness (QED) is 0.685. The lowest BCUT2D eigenvalue weighted by molar-refractivity contribution is -0.135. The molecule has 1 aromatic heterocycles. The molecule has 27 heavy (non-hydrogen) atoms. The van der Waals surface area contributed by atoms with Crippen LogP contribution in [0.4, 0.5) is 0 Å². The third-order valence-corrected chi connectivity index (χ3v) is 4.94. The van der Waals surface area contributed by atoms with Crippen molar-refractivity contribution in [2.75, 3.05) is 13.1 Å². The standard InChI is InChI=1S/C20H26N4O3/c1-14(16-6-8-17(9-7-16)24-13-5-10-21-24)22-20(27)19(26)18(25)15(2)23-11-3-4-12-23/h5-10,13-14,18-19,25-26H,2-4,11-12H2,1H3,(H,22,27)/t14-,18+,19-/m1/s1. The van der Waals surface area contributed by atoms with Crippen molar-refractivity contribution in [3.05, 3.63) is 60.6 Å². The molecule has 0 spiro atoms. The number of carbonyl (C=O) groups is 1. The average Bonchev–Trinajstić information content (AvgIpc) is 3.40. The Labute approximate surface area is 158 Å². The topological polar surface area (TPSA) is 90.6 Å². The van der Waals surface area contributed by atoms with E-state index in [0.717, 1.165) is 37.2 Å². The summed E-state index contributed by atoms with van der Waals surface area (Å²) < 4.78 is 1.75. The number of rotatable bonds is 7. The van der Waals surface area contributed by atoms with Crippen molar-refractivity contribution in [1.82, 2.24) is 20.0 Å². The second-order valence-electron chi connectivity index (χ2n) is 6.85. The molecule has 2 aromatic rings. The Morgan fingerprint density at radius 3 is 2.44 bits per heavy atom. The summed E-state index contributed by atoms with van der Waals surface area (Å²) in [6, 6.07) is 9.14. The molecule has 7 nitrogen and oxygen atoms in total. The van der Waals surface area contributed by atoms with E-state index in [2.05, 4.69) is 17.0 Å². The van der Waals surface area contributed by atoms with Crippen LogP contribution in [0.25, 0.3) is 5.69 Å². The van der Waals surface area contributed by atoms with Crippen molar-refractivity contribution in [2.24, 2.45) is 0 Å². The van der Waals surface area contributed by atoms with E-state index in [1.54, 1.807) is 10.9 Å². The molecule has 1 aromatic carbocycles. The smallest absolute Gasteiger partial charge is 0.252 e. The van der Waals surface area contributed by atoms with Crippen molar-refractivity contribution in [3.63, 3.8) is 0 Å². The minimum Gasteiger partial charge on any atom is -0.384 e. The van der Waals surface area contributed by atoms with Gasteiger partial charge in [-0.25, -0.2) is 4.68 Å². The molecule has 1 amide bonds. The highest BCUT2D eigenvalue weighted by Crippen LogP contribution is 2.19. The maximum atomic E-state index is 12.3. The van der Waals surface area contributed by atoms with Crippen LogP contribution in [0.3, 0.4) is 0 Å². The molecule has 1 aliphatic heterocycles. The second-order valence-corrected chi connectivity index (χ2v) is 6.85. The van der Waals surface area contributed by atoms with Crippen LogP contribution >= 0.6 is 0 Å². The molecule has 7 heteroatoms. The van der Waals surface area contributed by atoms with Gasteiger partial charge >= 0.3 is 0 Å². The van der Waals surface area contributed by atoms with Crippen molar-refractivity contribution in [1.29, 1.82) is 0 Å². The van der Waals surface area contributed by atoms with Crippen LogP contribution in [0.2, 0.25) is 0 Å². The van der Waals surface area contributed by atoms with Gasteiger partial charge in [0.1, 0.15) is 6.10 Å². The molecular weight excluding hydrogens is 344 g/mol. The Hall–Kier alpha value is -2.64. The maximum absolute atomic E-state index is 12.3. The Bertz CT molecular complexity index is 767. The largest absolute Gasteiger partial charge is 0.384 e. The lowest BCUT2D eigenvalue weighted by atomic mass is 10.1. The van der Waals surface area contributed by atoms with Crippen molar-refractivity contribution in [3.8, 4) is 5.69 Å². The fourth-order valence-corrected chi connectivity index (χ4v) is 3.24. The number of nitrogens with one attached hydrogen (secondary N) is 1. The number of aromatic nitrogens is 2. The first kappa shape index (κ1) is 19.1. The zero-order valence-electron chi connectivity index (χ0n) is 15.5. The molecule has 0 radical (unpaired) electrons. The molecule has 0 bridgehead atoms. The van der Waals surface area contributed by atoms with E-state index in [0.29, 0.717) is 5.70 Å². The minimum absolute atomic E-state index is 0.314. The van der Waals surface area contributed by atoms with Gasteiger partial charge in [0.15, 0.2) is 6.10 Å². The molecule has 3 rings (SSSR count). The number of carbonyl (C=O) groups excluding carboxylic acids is 1. The Kier molecular flexibility index (Phi) is 5.93. The monoisotopic (exact) mass is 370 g/mol. The zero-order chi connectivity index (χ0) is 19.4. The number of hydrogen-bond acceptors (Lipinski definition) is 5. The van der Waals surface area contributed by atoms with Crippen molar-refractivity contribution in [2.45, 2.75) is 38.0 Å². The highest BCUT2D eigenvalue weighted by atomic mass is 16.3. The van der Waals surface area contributed by atoms with E-state index >= 15 is 0 Å². The molecular formula is C20H26N4O3. The van der Waals surface area contributed by atoms with E-state index < -0.39 is 18.1 Å². The molecule has 0 unspecified atom stereocenters. The first-order valence-corrected chi connectivity index (χ1v) is 9.17. The number of nitrogens with zero attached hydrogens (tertiary/aromatic N) is 3. The van der Waals surface area contributed by atoms with Gasteiger partial charge in [0.2, 0.25) is 0 Å². The van der Waals surface area contributed by atoms with Gasteiger partial charge in [-0.15, -0.1) is 0 Å². The summed E-state index contributed by atoms with van der Waals surface area (Å²) in [5, 5.41) is 27.4. The van der Waals surface area contributed by atoms with E-state index in [4.69, 9.17) is 0 Å². The maximum Gasteiger partial charge on any atom is 0.252 e. The van der Waals surface area contributed by atoms with Crippen LogP contribution in [0, 0.1) is 0 Å². The number of benzene rings is 1. The highest BCUT2D eigenvalue weighted by molar-refractivity contribution is 5.82. The molecule has 0 aliphatic carbocycles. The van der Waals surface area contributed by atoms with Crippen LogP contribution < -0.4 is 5.32 Å². The number of amides is 1. The molecule has 2 heterocycles. The summed E-state index contributed by atoms with van der Waals surface area (Å²) in [7, 11) is 0. The molecule has 0 saturated carbocycles. The molecule has 3 N–H and O–H groups in total. The first-order chi connectivity index (χ1) is 13.0. The molecule has 3 atom stereocenters. The van der Waals surface area contributed by atoms with Crippen LogP contribution in [-0.4, -0.2) is 56.1 Å². The highest BCUT2D eigenvalue weighted by Gasteiger charge is 2.30. The predicted octanol–water partition coefficient (Wildman–Crippen LogP) is 1.38. The lowest BCUT2D eigenvalue weighted by Gasteiger charge is -2.27. The van der Waals surface area contributed by atoms with Crippen LogP contribution in [-0.2, 0) is 4.79 Å².